The lowest BCUT2D eigenvalue weighted by molar-refractivity contribution is 0.661. The summed E-state index contributed by atoms with van der Waals surface area (Å²) < 4.78 is 2.38. The van der Waals surface area contributed by atoms with Crippen LogP contribution in [0, 0.1) is 0 Å². The van der Waals surface area contributed by atoms with Crippen LogP contribution in [-0.2, 0) is 5.41 Å². The minimum atomic E-state index is -0.113. The van der Waals surface area contributed by atoms with Crippen LogP contribution >= 0.6 is 0 Å². The fourth-order valence-corrected chi connectivity index (χ4v) is 7.47. The maximum atomic E-state index is 4.51. The van der Waals surface area contributed by atoms with Crippen LogP contribution in [0.5, 0.6) is 0 Å². The molecule has 9 rings (SSSR count). The Balaban J connectivity index is 1.10. The first-order valence-electron chi connectivity index (χ1n) is 16.0. The summed E-state index contributed by atoms with van der Waals surface area (Å²) >= 11 is 0. The first-order chi connectivity index (χ1) is 22.6. The molecule has 2 heterocycles. The second-order valence-electron chi connectivity index (χ2n) is 12.9. The highest BCUT2D eigenvalue weighted by molar-refractivity contribution is 6.10. The highest BCUT2D eigenvalue weighted by Crippen LogP contribution is 2.51. The van der Waals surface area contributed by atoms with Gasteiger partial charge in [-0.1, -0.05) is 111 Å². The summed E-state index contributed by atoms with van der Waals surface area (Å²) in [5.74, 6) is 0. The molecule has 0 radical (unpaired) electrons. The average Bonchev–Trinajstić information content (AvgIpc) is 3.57. The summed E-state index contributed by atoms with van der Waals surface area (Å²) in [7, 11) is 0. The zero-order valence-corrected chi connectivity index (χ0v) is 25.9. The predicted octanol–water partition coefficient (Wildman–Crippen LogP) is 11.5. The fraction of sp³-hybridized carbons (Fsp3) is 0.0682. The second-order valence-corrected chi connectivity index (χ2v) is 12.9. The summed E-state index contributed by atoms with van der Waals surface area (Å²) in [5, 5.41) is 2.55. The van der Waals surface area contributed by atoms with Gasteiger partial charge in [-0.05, 0) is 99.1 Å². The van der Waals surface area contributed by atoms with Gasteiger partial charge in [0.05, 0.1) is 16.7 Å². The summed E-state index contributed by atoms with van der Waals surface area (Å²) in [5.41, 5.74) is 16.1. The van der Waals surface area contributed by atoms with Crippen LogP contribution in [0.25, 0.3) is 72.1 Å². The normalized spacial score (nSPS) is 13.2. The van der Waals surface area contributed by atoms with E-state index < -0.39 is 0 Å². The van der Waals surface area contributed by atoms with E-state index in [0.717, 1.165) is 11.3 Å². The van der Waals surface area contributed by atoms with Gasteiger partial charge in [-0.25, -0.2) is 0 Å². The quantitative estimate of drug-likeness (QED) is 0.200. The Morgan fingerprint density at radius 1 is 0.457 bits per heavy atom. The molecule has 0 saturated heterocycles. The Kier molecular flexibility index (Phi) is 5.88. The van der Waals surface area contributed by atoms with Crippen molar-refractivity contribution in [2.24, 2.45) is 0 Å². The van der Waals surface area contributed by atoms with Crippen LogP contribution in [0.1, 0.15) is 25.0 Å². The number of nitrogens with zero attached hydrogens (tertiary/aromatic N) is 2. The minimum Gasteiger partial charge on any atom is -0.309 e. The third kappa shape index (κ3) is 4.07. The molecule has 0 unspecified atom stereocenters. The molecule has 0 N–H and O–H groups in total. The monoisotopic (exact) mass is 588 g/mol. The topological polar surface area (TPSA) is 17.8 Å². The standard InChI is InChI=1S/C44H32N2/c1-44(2)39-27-32(29-15-17-30(18-16-29)41-13-8-9-25-45-41)19-22-35(39)36-23-20-33(28-40(36)44)31-21-24-43-38(26-31)37-12-6-7-14-42(37)46(43)34-10-4-3-5-11-34/h3-28H,1-2H3. The summed E-state index contributed by atoms with van der Waals surface area (Å²) in [4.78, 5) is 4.51. The first-order valence-corrected chi connectivity index (χ1v) is 16.0. The van der Waals surface area contributed by atoms with Crippen molar-refractivity contribution in [1.82, 2.24) is 9.55 Å². The van der Waals surface area contributed by atoms with Crippen LogP contribution in [0.4, 0.5) is 0 Å². The number of hydrogen-bond donors (Lipinski definition) is 0. The lowest BCUT2D eigenvalue weighted by Gasteiger charge is -2.22. The molecule has 2 nitrogen and oxygen atoms in total. The molecule has 0 atom stereocenters. The molecule has 218 valence electrons. The fourth-order valence-electron chi connectivity index (χ4n) is 7.47. The van der Waals surface area contributed by atoms with E-state index in [9.17, 15) is 0 Å². The number of rotatable bonds is 4. The Morgan fingerprint density at radius 3 is 1.74 bits per heavy atom. The van der Waals surface area contributed by atoms with E-state index in [1.165, 1.54) is 72.0 Å². The maximum absolute atomic E-state index is 4.51. The van der Waals surface area contributed by atoms with Crippen molar-refractivity contribution in [1.29, 1.82) is 0 Å². The average molecular weight is 589 g/mol. The highest BCUT2D eigenvalue weighted by Gasteiger charge is 2.36. The molecule has 1 aliphatic rings. The van der Waals surface area contributed by atoms with E-state index in [4.69, 9.17) is 0 Å². The van der Waals surface area contributed by atoms with E-state index in [2.05, 4.69) is 163 Å². The van der Waals surface area contributed by atoms with Crippen LogP contribution in [0.2, 0.25) is 0 Å². The molecule has 0 saturated carbocycles. The summed E-state index contributed by atoms with van der Waals surface area (Å²) in [6.07, 6.45) is 1.84. The van der Waals surface area contributed by atoms with Gasteiger partial charge in [0.2, 0.25) is 0 Å². The molecule has 0 bridgehead atoms. The lowest BCUT2D eigenvalue weighted by Crippen LogP contribution is -2.15. The van der Waals surface area contributed by atoms with Gasteiger partial charge < -0.3 is 4.57 Å². The van der Waals surface area contributed by atoms with E-state index in [1.54, 1.807) is 0 Å². The molecule has 0 aliphatic heterocycles. The molecule has 8 aromatic rings. The van der Waals surface area contributed by atoms with E-state index in [0.29, 0.717) is 0 Å². The Labute approximate surface area is 269 Å². The molecule has 1 aliphatic carbocycles. The molecule has 6 aromatic carbocycles. The van der Waals surface area contributed by atoms with Gasteiger partial charge in [-0.15, -0.1) is 0 Å². The number of fused-ring (bicyclic) bond motifs is 6. The van der Waals surface area contributed by atoms with Crippen molar-refractivity contribution in [3.8, 4) is 50.3 Å². The van der Waals surface area contributed by atoms with Crippen LogP contribution < -0.4 is 0 Å². The van der Waals surface area contributed by atoms with Gasteiger partial charge in [0, 0.05) is 33.6 Å². The number of aromatic nitrogens is 2. The highest BCUT2D eigenvalue weighted by atomic mass is 15.0. The van der Waals surface area contributed by atoms with Crippen molar-refractivity contribution in [3.63, 3.8) is 0 Å². The van der Waals surface area contributed by atoms with Crippen LogP contribution in [0.3, 0.4) is 0 Å². The second kappa shape index (κ2) is 10.2. The molecule has 2 heteroatoms. The van der Waals surface area contributed by atoms with Crippen molar-refractivity contribution >= 4 is 21.8 Å². The molecule has 0 spiro atoms. The molecular weight excluding hydrogens is 556 g/mol. The number of para-hydroxylation sites is 2. The van der Waals surface area contributed by atoms with E-state index in [-0.39, 0.29) is 5.41 Å². The summed E-state index contributed by atoms with van der Waals surface area (Å²) in [6, 6.07) is 55.2. The van der Waals surface area contributed by atoms with E-state index >= 15 is 0 Å². The molecule has 46 heavy (non-hydrogen) atoms. The number of hydrogen-bond acceptors (Lipinski definition) is 1. The van der Waals surface area contributed by atoms with Crippen LogP contribution in [0.15, 0.2) is 158 Å². The Bertz CT molecular complexity index is 2410. The zero-order chi connectivity index (χ0) is 30.8. The van der Waals surface area contributed by atoms with Gasteiger partial charge in [-0.2, -0.15) is 0 Å². The van der Waals surface area contributed by atoms with E-state index in [1.807, 2.05) is 18.3 Å². The van der Waals surface area contributed by atoms with Crippen molar-refractivity contribution < 1.29 is 0 Å². The molecular formula is C44H32N2. The molecule has 0 amide bonds. The minimum absolute atomic E-state index is 0.113. The van der Waals surface area contributed by atoms with Gasteiger partial charge in [0.25, 0.3) is 0 Å². The number of benzene rings is 6. The molecule has 0 fully saturated rings. The number of pyridine rings is 1. The van der Waals surface area contributed by atoms with Gasteiger partial charge in [0.1, 0.15) is 0 Å². The van der Waals surface area contributed by atoms with Crippen molar-refractivity contribution in [3.05, 3.63) is 169 Å². The Hall–Kier alpha value is -5.73. The largest absolute Gasteiger partial charge is 0.309 e. The van der Waals surface area contributed by atoms with Crippen molar-refractivity contribution in [2.45, 2.75) is 19.3 Å². The lowest BCUT2D eigenvalue weighted by atomic mass is 9.81. The third-order valence-corrected chi connectivity index (χ3v) is 9.88. The maximum Gasteiger partial charge on any atom is 0.0701 e. The SMILES string of the molecule is CC1(C)c2cc(-c3ccc(-c4ccccn4)cc3)ccc2-c2ccc(-c3ccc4c(c3)c3ccccc3n4-c3ccccc3)cc21. The zero-order valence-electron chi connectivity index (χ0n) is 25.9. The van der Waals surface area contributed by atoms with Crippen LogP contribution in [-0.4, -0.2) is 9.55 Å². The van der Waals surface area contributed by atoms with Gasteiger partial charge >= 0.3 is 0 Å². The van der Waals surface area contributed by atoms with Crippen molar-refractivity contribution in [2.75, 3.05) is 0 Å². The third-order valence-electron chi connectivity index (χ3n) is 9.88. The van der Waals surface area contributed by atoms with Gasteiger partial charge in [-0.3, -0.25) is 4.98 Å². The first kappa shape index (κ1) is 26.7. The van der Waals surface area contributed by atoms with Gasteiger partial charge in [0.15, 0.2) is 0 Å². The smallest absolute Gasteiger partial charge is 0.0701 e. The molecule has 2 aromatic heterocycles. The summed E-state index contributed by atoms with van der Waals surface area (Å²) in [6.45, 7) is 4.73. The Morgan fingerprint density at radius 2 is 1.02 bits per heavy atom. The predicted molar refractivity (Wildman–Crippen MR) is 192 cm³/mol.